The lowest BCUT2D eigenvalue weighted by molar-refractivity contribution is -0.116. The zero-order valence-corrected chi connectivity index (χ0v) is 15.9. The van der Waals surface area contributed by atoms with E-state index in [9.17, 15) is 4.79 Å². The third kappa shape index (κ3) is 4.61. The highest BCUT2D eigenvalue weighted by Crippen LogP contribution is 2.32. The molecule has 0 saturated carbocycles. The number of fused-ring (bicyclic) bond motifs is 1. The molecule has 0 spiro atoms. The number of nitrogens with zero attached hydrogens (tertiary/aromatic N) is 1. The number of nitrogens with two attached hydrogens (primary N) is 1. The molecule has 1 aliphatic rings. The molecule has 25 heavy (non-hydrogen) atoms. The van der Waals surface area contributed by atoms with Gasteiger partial charge in [0, 0.05) is 22.8 Å². The second-order valence-electron chi connectivity index (χ2n) is 5.69. The maximum absolute atomic E-state index is 12.7. The van der Waals surface area contributed by atoms with Crippen LogP contribution < -0.4 is 15.4 Å². The van der Waals surface area contributed by atoms with E-state index in [0.717, 1.165) is 47.0 Å². The Labute approximate surface area is 159 Å². The average Bonchev–Trinajstić information content (AvgIpc) is 2.61. The lowest BCUT2D eigenvalue weighted by Crippen LogP contribution is -2.36. The number of hydrogen-bond donors (Lipinski definition) is 1. The lowest BCUT2D eigenvalue weighted by atomic mass is 10.00. The van der Waals surface area contributed by atoms with Gasteiger partial charge in [-0.25, -0.2) is 0 Å². The van der Waals surface area contributed by atoms with Gasteiger partial charge < -0.3 is 15.4 Å². The Hall–Kier alpha value is -1.85. The molecule has 6 heteroatoms. The van der Waals surface area contributed by atoms with Crippen molar-refractivity contribution in [1.82, 2.24) is 0 Å². The third-order valence-electron chi connectivity index (χ3n) is 4.08. The predicted molar refractivity (Wildman–Crippen MR) is 107 cm³/mol. The molecule has 2 aromatic rings. The Balaban J connectivity index is 0.00000225. The quantitative estimate of drug-likeness (QED) is 0.627. The molecule has 2 N–H and O–H groups in total. The van der Waals surface area contributed by atoms with Crippen LogP contribution in [0.15, 0.2) is 47.4 Å². The molecule has 0 bridgehead atoms. The van der Waals surface area contributed by atoms with Gasteiger partial charge in [-0.05, 0) is 61.7 Å². The fraction of sp³-hybridized carbons (Fsp3) is 0.316. The summed E-state index contributed by atoms with van der Waals surface area (Å²) >= 11 is 1.55. The van der Waals surface area contributed by atoms with Gasteiger partial charge in [-0.3, -0.25) is 4.79 Å². The van der Waals surface area contributed by atoms with Crippen LogP contribution in [-0.2, 0) is 11.2 Å². The molecule has 0 radical (unpaired) electrons. The molecule has 1 aliphatic heterocycles. The fourth-order valence-corrected chi connectivity index (χ4v) is 3.71. The summed E-state index contributed by atoms with van der Waals surface area (Å²) in [6.45, 7) is 3.38. The van der Waals surface area contributed by atoms with E-state index in [0.29, 0.717) is 12.4 Å². The lowest BCUT2D eigenvalue weighted by Gasteiger charge is -2.30. The van der Waals surface area contributed by atoms with Gasteiger partial charge in [-0.2, -0.15) is 0 Å². The number of ether oxygens (including phenoxy) is 1. The summed E-state index contributed by atoms with van der Waals surface area (Å²) in [5, 5.41) is 0. The summed E-state index contributed by atoms with van der Waals surface area (Å²) in [4.78, 5) is 15.6. The summed E-state index contributed by atoms with van der Waals surface area (Å²) in [6, 6.07) is 13.7. The Kier molecular flexibility index (Phi) is 7.02. The molecule has 3 rings (SSSR count). The first-order chi connectivity index (χ1) is 11.7. The van der Waals surface area contributed by atoms with E-state index in [1.165, 1.54) is 0 Å². The highest BCUT2D eigenvalue weighted by molar-refractivity contribution is 8.00. The number of halogens is 1. The van der Waals surface area contributed by atoms with Crippen molar-refractivity contribution >= 4 is 41.5 Å². The fourth-order valence-electron chi connectivity index (χ4n) is 2.93. The van der Waals surface area contributed by atoms with E-state index in [1.54, 1.807) is 11.8 Å². The second-order valence-corrected chi connectivity index (χ2v) is 6.74. The number of benzene rings is 2. The van der Waals surface area contributed by atoms with Crippen molar-refractivity contribution in [2.24, 2.45) is 0 Å². The van der Waals surface area contributed by atoms with Crippen LogP contribution in [0.5, 0.6) is 5.75 Å². The standard InChI is InChI=1S/C19H22N2O2S.ClH/c1-2-23-14-8-10-15(11-9-14)24-13-19(22)21-12-4-5-16-17(20)6-3-7-18(16)21;/h3,6-11H,2,4-5,12-13,20H2,1H3;1H. The number of amides is 1. The summed E-state index contributed by atoms with van der Waals surface area (Å²) in [7, 11) is 0. The van der Waals surface area contributed by atoms with Gasteiger partial charge in [0.2, 0.25) is 5.91 Å². The number of rotatable bonds is 5. The molecular weight excluding hydrogens is 356 g/mol. The van der Waals surface area contributed by atoms with Crippen molar-refractivity contribution < 1.29 is 9.53 Å². The van der Waals surface area contributed by atoms with Gasteiger partial charge in [-0.15, -0.1) is 24.2 Å². The Morgan fingerprint density at radius 1 is 1.24 bits per heavy atom. The normalized spacial score (nSPS) is 12.9. The summed E-state index contributed by atoms with van der Waals surface area (Å²) in [5.41, 5.74) is 8.91. The monoisotopic (exact) mass is 378 g/mol. The Morgan fingerprint density at radius 2 is 2.00 bits per heavy atom. The van der Waals surface area contributed by atoms with Crippen molar-refractivity contribution in [3.05, 3.63) is 48.0 Å². The first-order valence-corrected chi connectivity index (χ1v) is 9.21. The Morgan fingerprint density at radius 3 is 2.72 bits per heavy atom. The van der Waals surface area contributed by atoms with E-state index in [2.05, 4.69) is 0 Å². The van der Waals surface area contributed by atoms with Crippen molar-refractivity contribution in [3.63, 3.8) is 0 Å². The summed E-state index contributed by atoms with van der Waals surface area (Å²) in [5.74, 6) is 1.40. The van der Waals surface area contributed by atoms with Crippen molar-refractivity contribution in [2.75, 3.05) is 29.5 Å². The van der Waals surface area contributed by atoms with Crippen LogP contribution in [0.2, 0.25) is 0 Å². The van der Waals surface area contributed by atoms with Crippen molar-refractivity contribution in [2.45, 2.75) is 24.7 Å². The molecular formula is C19H23ClN2O2S. The van der Waals surface area contributed by atoms with Gasteiger partial charge in [0.1, 0.15) is 5.75 Å². The highest BCUT2D eigenvalue weighted by atomic mass is 35.5. The molecule has 4 nitrogen and oxygen atoms in total. The summed E-state index contributed by atoms with van der Waals surface area (Å²) < 4.78 is 5.44. The number of hydrogen-bond acceptors (Lipinski definition) is 4. The zero-order valence-electron chi connectivity index (χ0n) is 14.2. The maximum atomic E-state index is 12.7. The minimum absolute atomic E-state index is 0. The molecule has 0 saturated heterocycles. The van der Waals surface area contributed by atoms with Crippen LogP contribution in [0.3, 0.4) is 0 Å². The van der Waals surface area contributed by atoms with Gasteiger partial charge in [0.25, 0.3) is 0 Å². The van der Waals surface area contributed by atoms with Crippen LogP contribution in [-0.4, -0.2) is 24.8 Å². The smallest absolute Gasteiger partial charge is 0.237 e. The molecule has 1 amide bonds. The van der Waals surface area contributed by atoms with Crippen LogP contribution in [0.25, 0.3) is 0 Å². The minimum Gasteiger partial charge on any atom is -0.494 e. The molecule has 2 aromatic carbocycles. The van der Waals surface area contributed by atoms with E-state index in [-0.39, 0.29) is 18.3 Å². The van der Waals surface area contributed by atoms with E-state index in [4.69, 9.17) is 10.5 Å². The first-order valence-electron chi connectivity index (χ1n) is 8.22. The second kappa shape index (κ2) is 9.02. The number of carbonyl (C=O) groups excluding carboxylic acids is 1. The largest absolute Gasteiger partial charge is 0.494 e. The van der Waals surface area contributed by atoms with E-state index >= 15 is 0 Å². The molecule has 0 aromatic heterocycles. The van der Waals surface area contributed by atoms with E-state index in [1.807, 2.05) is 54.3 Å². The number of anilines is 2. The summed E-state index contributed by atoms with van der Waals surface area (Å²) in [6.07, 6.45) is 1.90. The number of thioether (sulfide) groups is 1. The van der Waals surface area contributed by atoms with Crippen LogP contribution >= 0.6 is 24.2 Å². The number of carbonyl (C=O) groups is 1. The minimum atomic E-state index is 0. The molecule has 0 atom stereocenters. The van der Waals surface area contributed by atoms with Crippen molar-refractivity contribution in [3.8, 4) is 5.75 Å². The molecule has 0 aliphatic carbocycles. The zero-order chi connectivity index (χ0) is 16.9. The maximum Gasteiger partial charge on any atom is 0.237 e. The highest BCUT2D eigenvalue weighted by Gasteiger charge is 2.23. The van der Waals surface area contributed by atoms with E-state index < -0.39 is 0 Å². The molecule has 0 fully saturated rings. The van der Waals surface area contributed by atoms with Gasteiger partial charge in [0.15, 0.2) is 0 Å². The molecule has 1 heterocycles. The number of nitrogen functional groups attached to an aromatic ring is 1. The third-order valence-corrected chi connectivity index (χ3v) is 5.08. The topological polar surface area (TPSA) is 55.6 Å². The molecule has 134 valence electrons. The molecule has 0 unspecified atom stereocenters. The SMILES string of the molecule is CCOc1ccc(SCC(=O)N2CCCc3c(N)cccc32)cc1.Cl. The van der Waals surface area contributed by atoms with Crippen molar-refractivity contribution in [1.29, 1.82) is 0 Å². The van der Waals surface area contributed by atoms with Crippen LogP contribution in [0.4, 0.5) is 11.4 Å². The van der Waals surface area contributed by atoms with Gasteiger partial charge >= 0.3 is 0 Å². The Bertz CT molecular complexity index is 722. The van der Waals surface area contributed by atoms with Gasteiger partial charge in [-0.1, -0.05) is 6.07 Å². The predicted octanol–water partition coefficient (Wildman–Crippen LogP) is 4.16. The first kappa shape index (κ1) is 19.5. The average molecular weight is 379 g/mol. The van der Waals surface area contributed by atoms with Crippen LogP contribution in [0.1, 0.15) is 18.9 Å². The van der Waals surface area contributed by atoms with Crippen LogP contribution in [0, 0.1) is 0 Å². The van der Waals surface area contributed by atoms with Gasteiger partial charge in [0.05, 0.1) is 12.4 Å².